The lowest BCUT2D eigenvalue weighted by molar-refractivity contribution is -0.147. The van der Waals surface area contributed by atoms with Crippen LogP contribution in [0.25, 0.3) is 0 Å². The van der Waals surface area contributed by atoms with Crippen LogP contribution in [0.4, 0.5) is 4.79 Å². The van der Waals surface area contributed by atoms with Gasteiger partial charge in [0.05, 0.1) is 0 Å². The number of rotatable bonds is 12. The summed E-state index contributed by atoms with van der Waals surface area (Å²) in [4.78, 5) is 31.7. The number of carbonyl (C=O) groups excluding carboxylic acids is 2. The van der Waals surface area contributed by atoms with Gasteiger partial charge in [0.25, 0.3) is 0 Å². The maximum atomic E-state index is 11.6. The second-order valence-corrected chi connectivity index (χ2v) is 7.70. The quantitative estimate of drug-likeness (QED) is 0.315. The summed E-state index contributed by atoms with van der Waals surface area (Å²) >= 11 is 0. The number of cyclic esters (lactones) is 1. The molecule has 0 amide bonds. The summed E-state index contributed by atoms with van der Waals surface area (Å²) in [5, 5.41) is 0. The maximum Gasteiger partial charge on any atom is 0.436 e. The van der Waals surface area contributed by atoms with E-state index < -0.39 is 19.4 Å². The number of unbranched alkanes of at least 4 members (excludes halogenated alkanes) is 8. The van der Waals surface area contributed by atoms with E-state index in [2.05, 4.69) is 11.7 Å². The Bertz CT molecular complexity index is 438. The Hall–Kier alpha value is -0.910. The molecule has 0 radical (unpaired) electrons. The lowest BCUT2D eigenvalue weighted by Crippen LogP contribution is -2.32. The van der Waals surface area contributed by atoms with Gasteiger partial charge < -0.3 is 14.4 Å². The summed E-state index contributed by atoms with van der Waals surface area (Å²) in [5.41, 5.74) is -1.26. The Balaban J connectivity index is 1.99. The Morgan fingerprint density at radius 2 is 1.75 bits per heavy atom. The van der Waals surface area contributed by atoms with E-state index in [9.17, 15) is 19.0 Å². The van der Waals surface area contributed by atoms with Gasteiger partial charge >= 0.3 is 19.3 Å². The topological polar surface area (TPSA) is 99.1 Å². The summed E-state index contributed by atoms with van der Waals surface area (Å²) in [5.74, 6) is -0.369. The normalized spacial score (nSPS) is 23.8. The molecule has 1 fully saturated rings. The Morgan fingerprint density at radius 1 is 1.17 bits per heavy atom. The third kappa shape index (κ3) is 8.81. The van der Waals surface area contributed by atoms with Crippen LogP contribution in [-0.4, -0.2) is 35.9 Å². The zero-order chi connectivity index (χ0) is 17.8. The van der Waals surface area contributed by atoms with Crippen molar-refractivity contribution in [3.8, 4) is 0 Å². The zero-order valence-corrected chi connectivity index (χ0v) is 15.3. The fourth-order valence-corrected chi connectivity index (χ4v) is 3.29. The molecule has 1 aliphatic heterocycles. The highest BCUT2D eigenvalue weighted by atomic mass is 31.2. The van der Waals surface area contributed by atoms with Gasteiger partial charge in [0.2, 0.25) is 0 Å². The minimum Gasteiger partial charge on any atom is -0.463 e. The van der Waals surface area contributed by atoms with Crippen molar-refractivity contribution in [2.75, 3.05) is 13.2 Å². The van der Waals surface area contributed by atoms with E-state index in [0.717, 1.165) is 19.3 Å². The number of ether oxygens (including phenoxy) is 2. The molecule has 2 unspecified atom stereocenters. The number of esters is 1. The van der Waals surface area contributed by atoms with Crippen LogP contribution >= 0.6 is 7.60 Å². The first kappa shape index (κ1) is 21.1. The Kier molecular flexibility index (Phi) is 10.2. The van der Waals surface area contributed by atoms with Crippen molar-refractivity contribution in [1.29, 1.82) is 0 Å². The summed E-state index contributed by atoms with van der Waals surface area (Å²) in [6.07, 6.45) is 9.93. The predicted molar refractivity (Wildman–Crippen MR) is 88.8 cm³/mol. The van der Waals surface area contributed by atoms with Crippen LogP contribution in [0.2, 0.25) is 0 Å². The molecule has 2 atom stereocenters. The van der Waals surface area contributed by atoms with Crippen molar-refractivity contribution >= 4 is 19.3 Å². The molecule has 1 rings (SSSR count). The second-order valence-electron chi connectivity index (χ2n) is 6.09. The van der Waals surface area contributed by atoms with E-state index in [0.29, 0.717) is 6.42 Å². The van der Waals surface area contributed by atoms with E-state index in [1.54, 1.807) is 0 Å². The van der Waals surface area contributed by atoms with Crippen molar-refractivity contribution in [1.82, 2.24) is 0 Å². The van der Waals surface area contributed by atoms with Crippen LogP contribution in [0.1, 0.15) is 71.1 Å². The molecule has 1 saturated heterocycles. The van der Waals surface area contributed by atoms with Gasteiger partial charge in [-0.1, -0.05) is 58.3 Å². The molecule has 0 bridgehead atoms. The molecule has 0 aromatic heterocycles. The lowest BCUT2D eigenvalue weighted by atomic mass is 10.1. The highest BCUT2D eigenvalue weighted by Crippen LogP contribution is 2.47. The molecule has 0 saturated carbocycles. The van der Waals surface area contributed by atoms with E-state index in [1.807, 2.05) is 0 Å². The van der Waals surface area contributed by atoms with Crippen molar-refractivity contribution < 1.29 is 33.0 Å². The molecule has 7 nitrogen and oxygen atoms in total. The first-order valence-corrected chi connectivity index (χ1v) is 10.4. The maximum absolute atomic E-state index is 11.6. The van der Waals surface area contributed by atoms with Gasteiger partial charge in [-0.3, -0.25) is 9.32 Å². The molecule has 0 aliphatic carbocycles. The molecule has 1 heterocycles. The minimum absolute atomic E-state index is 0.186. The fraction of sp³-hybridized carbons (Fsp3) is 0.875. The number of hydrogen-bond acceptors (Lipinski definition) is 6. The molecule has 140 valence electrons. The number of hydrogen-bond donors (Lipinski definition) is 1. The first-order valence-electron chi connectivity index (χ1n) is 8.80. The Morgan fingerprint density at radius 3 is 2.33 bits per heavy atom. The van der Waals surface area contributed by atoms with E-state index >= 15 is 0 Å². The lowest BCUT2D eigenvalue weighted by Gasteiger charge is -2.24. The smallest absolute Gasteiger partial charge is 0.436 e. The predicted octanol–water partition coefficient (Wildman–Crippen LogP) is 4.17. The third-order valence-corrected chi connectivity index (χ3v) is 5.00. The van der Waals surface area contributed by atoms with Gasteiger partial charge in [-0.05, 0) is 6.42 Å². The molecule has 1 aliphatic rings. The van der Waals surface area contributed by atoms with Crippen molar-refractivity contribution in [3.63, 3.8) is 0 Å². The molecule has 0 spiro atoms. The average molecular weight is 364 g/mol. The van der Waals surface area contributed by atoms with Crippen LogP contribution in [-0.2, 0) is 23.4 Å². The van der Waals surface area contributed by atoms with Gasteiger partial charge in [-0.2, -0.15) is 0 Å². The van der Waals surface area contributed by atoms with Crippen LogP contribution in [0.15, 0.2) is 0 Å². The molecule has 1 N–H and O–H groups in total. The van der Waals surface area contributed by atoms with Crippen molar-refractivity contribution in [2.45, 2.75) is 77.2 Å². The van der Waals surface area contributed by atoms with E-state index in [4.69, 9.17) is 9.26 Å². The summed E-state index contributed by atoms with van der Waals surface area (Å²) in [6.45, 7) is 1.83. The van der Waals surface area contributed by atoms with Gasteiger partial charge in [0, 0.05) is 6.42 Å². The summed E-state index contributed by atoms with van der Waals surface area (Å²) in [6, 6.07) is 0. The molecule has 0 aromatic rings. The zero-order valence-electron chi connectivity index (χ0n) is 14.4. The van der Waals surface area contributed by atoms with Gasteiger partial charge in [-0.15, -0.1) is 0 Å². The van der Waals surface area contributed by atoms with E-state index in [1.165, 1.54) is 38.5 Å². The van der Waals surface area contributed by atoms with Crippen molar-refractivity contribution in [2.24, 2.45) is 0 Å². The van der Waals surface area contributed by atoms with E-state index in [-0.39, 0.29) is 19.2 Å². The summed E-state index contributed by atoms with van der Waals surface area (Å²) in [7, 11) is -4.39. The monoisotopic (exact) mass is 364 g/mol. The highest BCUT2D eigenvalue weighted by molar-refractivity contribution is 7.70. The fourth-order valence-electron chi connectivity index (χ4n) is 2.44. The average Bonchev–Trinajstić information content (AvgIpc) is 2.54. The van der Waals surface area contributed by atoms with Gasteiger partial charge in [0.15, 0.2) is 0 Å². The van der Waals surface area contributed by atoms with Crippen LogP contribution in [0, 0.1) is 0 Å². The Labute approximate surface area is 143 Å². The SMILES string of the molecule is CCCCCCCCCCCC(=O)OCC1COC(=O)P(=O)(O)O1. The minimum atomic E-state index is -4.39. The van der Waals surface area contributed by atoms with Gasteiger partial charge in [0.1, 0.15) is 19.3 Å². The summed E-state index contributed by atoms with van der Waals surface area (Å²) < 4.78 is 25.5. The second kappa shape index (κ2) is 11.6. The molecular weight excluding hydrogens is 335 g/mol. The molecule has 0 aromatic carbocycles. The highest BCUT2D eigenvalue weighted by Gasteiger charge is 2.41. The molecular formula is C16H29O7P. The van der Waals surface area contributed by atoms with Crippen LogP contribution in [0.5, 0.6) is 0 Å². The number of carbonyl (C=O) groups is 2. The standard InChI is InChI=1S/C16H29O7P/c1-2-3-4-5-6-7-8-9-10-11-15(17)21-12-14-13-22-16(18)24(19,20)23-14/h14H,2-13H2,1H3,(H,19,20). The van der Waals surface area contributed by atoms with Crippen LogP contribution < -0.4 is 0 Å². The largest absolute Gasteiger partial charge is 0.463 e. The molecule has 24 heavy (non-hydrogen) atoms. The van der Waals surface area contributed by atoms with Crippen LogP contribution in [0.3, 0.4) is 0 Å². The van der Waals surface area contributed by atoms with Crippen molar-refractivity contribution in [3.05, 3.63) is 0 Å². The first-order chi connectivity index (χ1) is 11.5. The van der Waals surface area contributed by atoms with Gasteiger partial charge in [-0.25, -0.2) is 9.36 Å². The third-order valence-electron chi connectivity index (χ3n) is 3.83. The molecule has 8 heteroatoms.